The SMILES string of the molecule is Cc1nc(N)nc(-c2ccoc2)n1. The van der Waals surface area contributed by atoms with Crippen molar-refractivity contribution in [2.75, 3.05) is 5.73 Å². The summed E-state index contributed by atoms with van der Waals surface area (Å²) in [4.78, 5) is 12.0. The number of aryl methyl sites for hydroxylation is 1. The van der Waals surface area contributed by atoms with Crippen molar-refractivity contribution in [2.24, 2.45) is 0 Å². The number of rotatable bonds is 1. The van der Waals surface area contributed by atoms with Crippen LogP contribution in [-0.2, 0) is 0 Å². The predicted molar refractivity (Wildman–Crippen MR) is 46.7 cm³/mol. The molecule has 0 saturated heterocycles. The smallest absolute Gasteiger partial charge is 0.223 e. The molecule has 2 aromatic rings. The van der Waals surface area contributed by atoms with Crippen molar-refractivity contribution < 1.29 is 4.42 Å². The number of hydrogen-bond acceptors (Lipinski definition) is 5. The molecule has 0 aliphatic carbocycles. The normalized spacial score (nSPS) is 10.2. The van der Waals surface area contributed by atoms with Crippen LogP contribution in [0.3, 0.4) is 0 Å². The second-order valence-electron chi connectivity index (χ2n) is 2.58. The number of anilines is 1. The Morgan fingerprint density at radius 3 is 2.77 bits per heavy atom. The van der Waals surface area contributed by atoms with Crippen LogP contribution < -0.4 is 5.73 Å². The van der Waals surface area contributed by atoms with Crippen LogP contribution in [0.25, 0.3) is 11.4 Å². The molecule has 0 bridgehead atoms. The van der Waals surface area contributed by atoms with Gasteiger partial charge < -0.3 is 10.2 Å². The largest absolute Gasteiger partial charge is 0.472 e. The van der Waals surface area contributed by atoms with E-state index in [2.05, 4.69) is 15.0 Å². The first kappa shape index (κ1) is 7.72. The van der Waals surface area contributed by atoms with E-state index in [0.717, 1.165) is 5.56 Å². The maximum Gasteiger partial charge on any atom is 0.223 e. The van der Waals surface area contributed by atoms with Gasteiger partial charge in [-0.25, -0.2) is 4.98 Å². The molecule has 0 aromatic carbocycles. The van der Waals surface area contributed by atoms with Gasteiger partial charge in [-0.1, -0.05) is 0 Å². The molecule has 0 atom stereocenters. The third-order valence-electron chi connectivity index (χ3n) is 1.54. The van der Waals surface area contributed by atoms with E-state index < -0.39 is 0 Å². The monoisotopic (exact) mass is 176 g/mol. The highest BCUT2D eigenvalue weighted by molar-refractivity contribution is 5.53. The molecule has 0 amide bonds. The lowest BCUT2D eigenvalue weighted by molar-refractivity contribution is 0.568. The van der Waals surface area contributed by atoms with Crippen molar-refractivity contribution in [1.82, 2.24) is 15.0 Å². The summed E-state index contributed by atoms with van der Waals surface area (Å²) in [6.07, 6.45) is 3.12. The first-order valence-electron chi connectivity index (χ1n) is 3.76. The zero-order chi connectivity index (χ0) is 9.26. The van der Waals surface area contributed by atoms with Crippen LogP contribution >= 0.6 is 0 Å². The summed E-state index contributed by atoms with van der Waals surface area (Å²) in [5.74, 6) is 1.37. The molecule has 0 radical (unpaired) electrons. The predicted octanol–water partition coefficient (Wildman–Crippen LogP) is 1.02. The molecule has 0 aliphatic heterocycles. The third-order valence-corrected chi connectivity index (χ3v) is 1.54. The maximum atomic E-state index is 5.47. The molecule has 2 rings (SSSR count). The fourth-order valence-corrected chi connectivity index (χ4v) is 1.02. The van der Waals surface area contributed by atoms with E-state index in [1.165, 1.54) is 0 Å². The number of nitrogens with zero attached hydrogens (tertiary/aromatic N) is 3. The van der Waals surface area contributed by atoms with Crippen LogP contribution in [0.5, 0.6) is 0 Å². The zero-order valence-electron chi connectivity index (χ0n) is 7.06. The average molecular weight is 176 g/mol. The highest BCUT2D eigenvalue weighted by atomic mass is 16.3. The third kappa shape index (κ3) is 1.48. The Balaban J connectivity index is 2.53. The van der Waals surface area contributed by atoms with E-state index in [1.54, 1.807) is 25.5 Å². The summed E-state index contributed by atoms with van der Waals surface area (Å²) >= 11 is 0. The molecule has 0 fully saturated rings. The van der Waals surface area contributed by atoms with Crippen LogP contribution in [0.2, 0.25) is 0 Å². The van der Waals surface area contributed by atoms with Gasteiger partial charge >= 0.3 is 0 Å². The van der Waals surface area contributed by atoms with Gasteiger partial charge in [-0.15, -0.1) is 0 Å². The van der Waals surface area contributed by atoms with Crippen LogP contribution in [0.15, 0.2) is 23.0 Å². The van der Waals surface area contributed by atoms with Gasteiger partial charge in [0.1, 0.15) is 12.1 Å². The van der Waals surface area contributed by atoms with Gasteiger partial charge in [-0.05, 0) is 13.0 Å². The Bertz CT molecular complexity index is 390. The molecule has 0 unspecified atom stereocenters. The first-order chi connectivity index (χ1) is 6.25. The Hall–Kier alpha value is -1.91. The quantitative estimate of drug-likeness (QED) is 0.701. The van der Waals surface area contributed by atoms with Gasteiger partial charge in [0.05, 0.1) is 11.8 Å². The van der Waals surface area contributed by atoms with Gasteiger partial charge in [-0.2, -0.15) is 9.97 Å². The van der Waals surface area contributed by atoms with E-state index in [0.29, 0.717) is 11.6 Å². The maximum absolute atomic E-state index is 5.47. The molecule has 5 nitrogen and oxygen atoms in total. The number of nitrogen functional groups attached to an aromatic ring is 1. The summed E-state index contributed by atoms with van der Waals surface area (Å²) in [6, 6.07) is 1.77. The number of hydrogen-bond donors (Lipinski definition) is 1. The lowest BCUT2D eigenvalue weighted by atomic mass is 10.3. The fourth-order valence-electron chi connectivity index (χ4n) is 1.02. The number of furan rings is 1. The molecular formula is C8H8N4O. The molecular weight excluding hydrogens is 168 g/mol. The molecule has 0 saturated carbocycles. The minimum atomic E-state index is 0.226. The minimum Gasteiger partial charge on any atom is -0.472 e. The van der Waals surface area contributed by atoms with Crippen molar-refractivity contribution in [2.45, 2.75) is 6.92 Å². The van der Waals surface area contributed by atoms with Gasteiger partial charge in [0.15, 0.2) is 5.82 Å². The van der Waals surface area contributed by atoms with Crippen molar-refractivity contribution >= 4 is 5.95 Å². The topological polar surface area (TPSA) is 77.8 Å². The van der Waals surface area contributed by atoms with Crippen LogP contribution in [0.1, 0.15) is 5.82 Å². The van der Waals surface area contributed by atoms with E-state index >= 15 is 0 Å². The summed E-state index contributed by atoms with van der Waals surface area (Å²) in [7, 11) is 0. The minimum absolute atomic E-state index is 0.226. The highest BCUT2D eigenvalue weighted by Gasteiger charge is 2.04. The standard InChI is InChI=1S/C8H8N4O/c1-5-10-7(12-8(9)11-5)6-2-3-13-4-6/h2-4H,1H3,(H2,9,10,11,12). The average Bonchev–Trinajstić information content (AvgIpc) is 2.53. The second kappa shape index (κ2) is 2.85. The lowest BCUT2D eigenvalue weighted by Gasteiger charge is -1.98. The second-order valence-corrected chi connectivity index (χ2v) is 2.58. The van der Waals surface area contributed by atoms with Crippen molar-refractivity contribution in [1.29, 1.82) is 0 Å². The van der Waals surface area contributed by atoms with Gasteiger partial charge in [0.2, 0.25) is 5.95 Å². The molecule has 5 heteroatoms. The molecule has 0 spiro atoms. The van der Waals surface area contributed by atoms with Crippen molar-refractivity contribution in [3.8, 4) is 11.4 Å². The summed E-state index contributed by atoms with van der Waals surface area (Å²) in [5.41, 5.74) is 6.28. The summed E-state index contributed by atoms with van der Waals surface area (Å²) in [6.45, 7) is 1.77. The van der Waals surface area contributed by atoms with Gasteiger partial charge in [0.25, 0.3) is 0 Å². The highest BCUT2D eigenvalue weighted by Crippen LogP contribution is 2.14. The first-order valence-corrected chi connectivity index (χ1v) is 3.76. The van der Waals surface area contributed by atoms with Crippen LogP contribution in [0, 0.1) is 6.92 Å². The van der Waals surface area contributed by atoms with Crippen LogP contribution in [-0.4, -0.2) is 15.0 Å². The number of aromatic nitrogens is 3. The summed E-state index contributed by atoms with van der Waals surface area (Å²) < 4.78 is 4.91. The van der Waals surface area contributed by atoms with Crippen molar-refractivity contribution in [3.05, 3.63) is 24.4 Å². The molecule has 66 valence electrons. The molecule has 13 heavy (non-hydrogen) atoms. The van der Waals surface area contributed by atoms with E-state index in [1.807, 2.05) is 0 Å². The van der Waals surface area contributed by atoms with Gasteiger partial charge in [0, 0.05) is 0 Å². The Kier molecular flexibility index (Phi) is 1.70. The molecule has 2 N–H and O–H groups in total. The van der Waals surface area contributed by atoms with Crippen molar-refractivity contribution in [3.63, 3.8) is 0 Å². The van der Waals surface area contributed by atoms with E-state index in [4.69, 9.17) is 10.2 Å². The Morgan fingerprint density at radius 2 is 2.15 bits per heavy atom. The van der Waals surface area contributed by atoms with E-state index in [9.17, 15) is 0 Å². The number of nitrogens with two attached hydrogens (primary N) is 1. The van der Waals surface area contributed by atoms with Gasteiger partial charge in [-0.3, -0.25) is 0 Å². The molecule has 2 heterocycles. The molecule has 0 aliphatic rings. The fraction of sp³-hybridized carbons (Fsp3) is 0.125. The lowest BCUT2D eigenvalue weighted by Crippen LogP contribution is -2.01. The van der Waals surface area contributed by atoms with Crippen LogP contribution in [0.4, 0.5) is 5.95 Å². The Morgan fingerprint density at radius 1 is 1.31 bits per heavy atom. The molecule has 2 aromatic heterocycles. The zero-order valence-corrected chi connectivity index (χ0v) is 7.06. The van der Waals surface area contributed by atoms with E-state index in [-0.39, 0.29) is 5.95 Å². The summed E-state index contributed by atoms with van der Waals surface area (Å²) in [5, 5.41) is 0. The Labute approximate surface area is 74.6 Å².